The Kier molecular flexibility index (Phi) is 6.58. The van der Waals surface area contributed by atoms with Gasteiger partial charge in [0.25, 0.3) is 0 Å². The molecule has 26 heavy (non-hydrogen) atoms. The van der Waals surface area contributed by atoms with Crippen molar-refractivity contribution in [3.63, 3.8) is 0 Å². The maximum atomic E-state index is 12.1. The summed E-state index contributed by atoms with van der Waals surface area (Å²) in [5, 5.41) is 6.16. The molecule has 1 fully saturated rings. The number of benzene rings is 1. The lowest BCUT2D eigenvalue weighted by molar-refractivity contribution is -0.131. The molecule has 1 saturated heterocycles. The quantitative estimate of drug-likeness (QED) is 0.794. The van der Waals surface area contributed by atoms with Gasteiger partial charge in [-0.25, -0.2) is 0 Å². The first-order valence-electron chi connectivity index (χ1n) is 8.96. The molecular formula is C19H28N4O2S. The van der Waals surface area contributed by atoms with E-state index in [1.165, 1.54) is 0 Å². The lowest BCUT2D eigenvalue weighted by atomic mass is 9.96. The Labute approximate surface area is 160 Å². The van der Waals surface area contributed by atoms with Gasteiger partial charge in [-0.05, 0) is 24.4 Å². The zero-order chi connectivity index (χ0) is 19.3. The van der Waals surface area contributed by atoms with Crippen molar-refractivity contribution >= 4 is 40.5 Å². The van der Waals surface area contributed by atoms with Crippen LogP contribution >= 0.6 is 12.2 Å². The molecule has 0 radical (unpaired) electrons. The van der Waals surface area contributed by atoms with Crippen LogP contribution in [0, 0.1) is 5.41 Å². The number of carbonyl (C=O) groups is 2. The van der Waals surface area contributed by atoms with E-state index >= 15 is 0 Å². The molecule has 2 N–H and O–H groups in total. The third-order valence-electron chi connectivity index (χ3n) is 4.34. The van der Waals surface area contributed by atoms with E-state index < -0.39 is 5.41 Å². The number of hydrogen-bond donors (Lipinski definition) is 2. The molecule has 1 aromatic carbocycles. The summed E-state index contributed by atoms with van der Waals surface area (Å²) < 4.78 is 0. The highest BCUT2D eigenvalue weighted by atomic mass is 32.1. The molecule has 0 unspecified atom stereocenters. The maximum absolute atomic E-state index is 12.1. The second-order valence-electron chi connectivity index (χ2n) is 7.40. The standard InChI is InChI=1S/C19H28N4O2S/c1-5-16(24)23-12-10-22(11-13-23)15-9-7-6-8-14(15)20-18(26)21-17(25)19(2,3)4/h6-9H,5,10-13H2,1-4H3,(H2,20,21,25,26). The molecule has 1 aliphatic rings. The van der Waals surface area contributed by atoms with Crippen LogP contribution < -0.4 is 15.5 Å². The molecule has 2 rings (SSSR count). The summed E-state index contributed by atoms with van der Waals surface area (Å²) in [5.74, 6) is 0.0707. The number of carbonyl (C=O) groups excluding carboxylic acids is 2. The Hall–Kier alpha value is -2.15. The van der Waals surface area contributed by atoms with Gasteiger partial charge in [0, 0.05) is 38.0 Å². The first-order valence-corrected chi connectivity index (χ1v) is 9.37. The number of nitrogens with one attached hydrogen (secondary N) is 2. The summed E-state index contributed by atoms with van der Waals surface area (Å²) in [6, 6.07) is 7.86. The highest BCUT2D eigenvalue weighted by molar-refractivity contribution is 7.80. The van der Waals surface area contributed by atoms with Crippen molar-refractivity contribution in [2.75, 3.05) is 36.4 Å². The number of piperazine rings is 1. The fourth-order valence-corrected chi connectivity index (χ4v) is 2.92. The number of amides is 2. The van der Waals surface area contributed by atoms with E-state index in [9.17, 15) is 9.59 Å². The summed E-state index contributed by atoms with van der Waals surface area (Å²) in [7, 11) is 0. The van der Waals surface area contributed by atoms with Crippen LogP contribution in [-0.2, 0) is 9.59 Å². The van der Waals surface area contributed by atoms with E-state index in [0.717, 1.165) is 24.5 Å². The molecule has 1 heterocycles. The molecule has 0 bridgehead atoms. The average Bonchev–Trinajstić information content (AvgIpc) is 2.60. The Morgan fingerprint density at radius 2 is 1.73 bits per heavy atom. The van der Waals surface area contributed by atoms with Gasteiger partial charge in [-0.2, -0.15) is 0 Å². The van der Waals surface area contributed by atoms with Crippen LogP contribution in [0.5, 0.6) is 0 Å². The molecule has 2 amide bonds. The summed E-state index contributed by atoms with van der Waals surface area (Å²) in [6.07, 6.45) is 0.542. The van der Waals surface area contributed by atoms with Crippen LogP contribution in [0.4, 0.5) is 11.4 Å². The van der Waals surface area contributed by atoms with Gasteiger partial charge in [-0.1, -0.05) is 39.8 Å². The Bertz CT molecular complexity index is 676. The fraction of sp³-hybridized carbons (Fsp3) is 0.526. The number of rotatable bonds is 3. The molecule has 1 aromatic rings. The topological polar surface area (TPSA) is 64.7 Å². The monoisotopic (exact) mass is 376 g/mol. The molecule has 1 aliphatic heterocycles. The minimum Gasteiger partial charge on any atom is -0.366 e. The van der Waals surface area contributed by atoms with Gasteiger partial charge >= 0.3 is 0 Å². The fourth-order valence-electron chi connectivity index (χ4n) is 2.72. The molecule has 7 heteroatoms. The van der Waals surface area contributed by atoms with Crippen LogP contribution in [0.15, 0.2) is 24.3 Å². The van der Waals surface area contributed by atoms with Gasteiger partial charge < -0.3 is 20.4 Å². The lowest BCUT2D eigenvalue weighted by Crippen LogP contribution is -2.49. The van der Waals surface area contributed by atoms with E-state index in [-0.39, 0.29) is 16.9 Å². The van der Waals surface area contributed by atoms with Crippen molar-refractivity contribution in [3.8, 4) is 0 Å². The van der Waals surface area contributed by atoms with Crippen molar-refractivity contribution in [3.05, 3.63) is 24.3 Å². The van der Waals surface area contributed by atoms with Crippen LogP contribution in [0.3, 0.4) is 0 Å². The highest BCUT2D eigenvalue weighted by Crippen LogP contribution is 2.26. The van der Waals surface area contributed by atoms with Gasteiger partial charge in [0.05, 0.1) is 11.4 Å². The largest absolute Gasteiger partial charge is 0.366 e. The first-order chi connectivity index (χ1) is 12.2. The van der Waals surface area contributed by atoms with Gasteiger partial charge in [0.1, 0.15) is 0 Å². The average molecular weight is 377 g/mol. The normalized spacial score (nSPS) is 14.8. The number of para-hydroxylation sites is 2. The minimum absolute atomic E-state index is 0.126. The number of thiocarbonyl (C=S) groups is 1. The lowest BCUT2D eigenvalue weighted by Gasteiger charge is -2.37. The second-order valence-corrected chi connectivity index (χ2v) is 7.81. The van der Waals surface area contributed by atoms with Crippen LogP contribution in [0.1, 0.15) is 34.1 Å². The number of nitrogens with zero attached hydrogens (tertiary/aromatic N) is 2. The van der Waals surface area contributed by atoms with Crippen molar-refractivity contribution in [1.29, 1.82) is 0 Å². The maximum Gasteiger partial charge on any atom is 0.231 e. The van der Waals surface area contributed by atoms with Crippen molar-refractivity contribution in [2.45, 2.75) is 34.1 Å². The predicted octanol–water partition coefficient (Wildman–Crippen LogP) is 2.60. The molecule has 142 valence electrons. The molecule has 0 saturated carbocycles. The van der Waals surface area contributed by atoms with Crippen molar-refractivity contribution in [2.24, 2.45) is 5.41 Å². The third kappa shape index (κ3) is 5.17. The summed E-state index contributed by atoms with van der Waals surface area (Å²) in [5.41, 5.74) is 1.36. The zero-order valence-electron chi connectivity index (χ0n) is 16.0. The number of anilines is 2. The first kappa shape index (κ1) is 20.2. The van der Waals surface area contributed by atoms with Crippen LogP contribution in [0.25, 0.3) is 0 Å². The predicted molar refractivity (Wildman–Crippen MR) is 109 cm³/mol. The summed E-state index contributed by atoms with van der Waals surface area (Å²) in [6.45, 7) is 10.4. The van der Waals surface area contributed by atoms with Crippen molar-refractivity contribution in [1.82, 2.24) is 10.2 Å². The Morgan fingerprint density at radius 3 is 2.31 bits per heavy atom. The smallest absolute Gasteiger partial charge is 0.231 e. The molecule has 0 spiro atoms. The number of hydrogen-bond acceptors (Lipinski definition) is 4. The SMILES string of the molecule is CCC(=O)N1CCN(c2ccccc2NC(=S)NC(=O)C(C)(C)C)CC1. The van der Waals surface area contributed by atoms with Crippen LogP contribution in [-0.4, -0.2) is 48.0 Å². The summed E-state index contributed by atoms with van der Waals surface area (Å²) >= 11 is 5.30. The minimum atomic E-state index is -0.507. The van der Waals surface area contributed by atoms with Gasteiger partial charge in [-0.3, -0.25) is 9.59 Å². The van der Waals surface area contributed by atoms with Crippen LogP contribution in [0.2, 0.25) is 0 Å². The molecule has 0 atom stereocenters. The zero-order valence-corrected chi connectivity index (χ0v) is 16.8. The van der Waals surface area contributed by atoms with Gasteiger partial charge in [0.2, 0.25) is 11.8 Å². The Balaban J connectivity index is 2.03. The van der Waals surface area contributed by atoms with E-state index in [0.29, 0.717) is 19.5 Å². The Morgan fingerprint density at radius 1 is 1.12 bits per heavy atom. The molecule has 0 aliphatic carbocycles. The molecular weight excluding hydrogens is 348 g/mol. The van der Waals surface area contributed by atoms with Gasteiger partial charge in [-0.15, -0.1) is 0 Å². The molecule has 6 nitrogen and oxygen atoms in total. The second kappa shape index (κ2) is 8.49. The highest BCUT2D eigenvalue weighted by Gasteiger charge is 2.24. The van der Waals surface area contributed by atoms with E-state index in [2.05, 4.69) is 15.5 Å². The van der Waals surface area contributed by atoms with E-state index in [1.807, 2.05) is 56.9 Å². The molecule has 0 aromatic heterocycles. The van der Waals surface area contributed by atoms with Gasteiger partial charge in [0.15, 0.2) is 5.11 Å². The van der Waals surface area contributed by atoms with E-state index in [4.69, 9.17) is 12.2 Å². The summed E-state index contributed by atoms with van der Waals surface area (Å²) in [4.78, 5) is 28.1. The van der Waals surface area contributed by atoms with E-state index in [1.54, 1.807) is 0 Å². The third-order valence-corrected chi connectivity index (χ3v) is 4.54. The van der Waals surface area contributed by atoms with Crippen molar-refractivity contribution < 1.29 is 9.59 Å².